The van der Waals surface area contributed by atoms with Crippen LogP contribution in [-0.4, -0.2) is 28.2 Å². The predicted molar refractivity (Wildman–Crippen MR) is 128 cm³/mol. The van der Waals surface area contributed by atoms with Crippen molar-refractivity contribution < 1.29 is 4.79 Å². The molecule has 2 aliphatic rings. The monoisotopic (exact) mass is 453 g/mol. The smallest absolute Gasteiger partial charge is 0.260 e. The Labute approximate surface area is 190 Å². The normalized spacial score (nSPS) is 22.3. The zero-order valence-electron chi connectivity index (χ0n) is 17.4. The van der Waals surface area contributed by atoms with Crippen LogP contribution in [0.1, 0.15) is 37.9 Å². The molecule has 2 aliphatic carbocycles. The molecular weight excluding hydrogens is 426 g/mol. The van der Waals surface area contributed by atoms with Crippen molar-refractivity contribution in [3.63, 3.8) is 0 Å². The molecule has 0 spiro atoms. The van der Waals surface area contributed by atoms with Gasteiger partial charge in [-0.1, -0.05) is 36.8 Å². The maximum Gasteiger partial charge on any atom is 0.260 e. The minimum Gasteiger partial charge on any atom is -0.355 e. The van der Waals surface area contributed by atoms with Crippen molar-refractivity contribution in [3.05, 3.63) is 51.9 Å². The number of amides is 1. The standard InChI is InChI=1S/C24H27N3O2S2/c28-21(25-9-8-18-11-15-6-7-17(18)10-15)14-30-13-20-26-23(29)22-19(12-31-24(22)27-20)16-4-2-1-3-5-16/h1-5,12,15,17-18H,6-11,13-14H2,(H,25,28)(H,26,27,29). The van der Waals surface area contributed by atoms with Crippen LogP contribution in [0.3, 0.4) is 0 Å². The second kappa shape index (κ2) is 9.17. The van der Waals surface area contributed by atoms with Gasteiger partial charge in [0.05, 0.1) is 16.9 Å². The molecular formula is C24H27N3O2S2. The Morgan fingerprint density at radius 1 is 1.23 bits per heavy atom. The van der Waals surface area contributed by atoms with Gasteiger partial charge in [0.1, 0.15) is 10.7 Å². The van der Waals surface area contributed by atoms with Crippen molar-refractivity contribution in [2.45, 2.75) is 37.9 Å². The molecule has 2 aromatic heterocycles. The lowest BCUT2D eigenvalue weighted by Gasteiger charge is -2.21. The van der Waals surface area contributed by atoms with E-state index in [1.165, 1.54) is 48.8 Å². The number of carbonyl (C=O) groups excluding carboxylic acids is 1. The van der Waals surface area contributed by atoms with Crippen LogP contribution in [0.15, 0.2) is 40.5 Å². The average molecular weight is 454 g/mol. The van der Waals surface area contributed by atoms with E-state index in [1.54, 1.807) is 0 Å². The largest absolute Gasteiger partial charge is 0.355 e. The highest BCUT2D eigenvalue weighted by Crippen LogP contribution is 2.49. The van der Waals surface area contributed by atoms with E-state index in [9.17, 15) is 9.59 Å². The summed E-state index contributed by atoms with van der Waals surface area (Å²) in [6.45, 7) is 0.784. The van der Waals surface area contributed by atoms with E-state index in [1.807, 2.05) is 35.7 Å². The fourth-order valence-corrected chi connectivity index (χ4v) is 7.00. The molecule has 2 saturated carbocycles. The number of carbonyl (C=O) groups is 1. The van der Waals surface area contributed by atoms with Crippen LogP contribution in [-0.2, 0) is 10.5 Å². The summed E-state index contributed by atoms with van der Waals surface area (Å²) in [7, 11) is 0. The van der Waals surface area contributed by atoms with E-state index < -0.39 is 0 Å². The molecule has 7 heteroatoms. The van der Waals surface area contributed by atoms with Crippen LogP contribution < -0.4 is 10.9 Å². The summed E-state index contributed by atoms with van der Waals surface area (Å²) in [5.41, 5.74) is 1.82. The van der Waals surface area contributed by atoms with Gasteiger partial charge in [0.2, 0.25) is 5.91 Å². The van der Waals surface area contributed by atoms with Crippen LogP contribution in [0.5, 0.6) is 0 Å². The fourth-order valence-electron chi connectivity index (χ4n) is 5.31. The first-order valence-electron chi connectivity index (χ1n) is 11.1. The van der Waals surface area contributed by atoms with E-state index in [0.29, 0.717) is 22.7 Å². The Hall–Kier alpha value is -2.12. The second-order valence-corrected chi connectivity index (χ2v) is 10.6. The summed E-state index contributed by atoms with van der Waals surface area (Å²) in [6, 6.07) is 9.90. The van der Waals surface area contributed by atoms with Crippen molar-refractivity contribution in [3.8, 4) is 11.1 Å². The number of aromatic amines is 1. The van der Waals surface area contributed by atoms with Gasteiger partial charge in [-0.3, -0.25) is 9.59 Å². The van der Waals surface area contributed by atoms with Gasteiger partial charge in [-0.15, -0.1) is 23.1 Å². The van der Waals surface area contributed by atoms with Gasteiger partial charge in [-0.2, -0.15) is 0 Å². The molecule has 0 aliphatic heterocycles. The van der Waals surface area contributed by atoms with E-state index in [4.69, 9.17) is 0 Å². The molecule has 2 heterocycles. The first kappa shape index (κ1) is 20.8. The van der Waals surface area contributed by atoms with Gasteiger partial charge >= 0.3 is 0 Å². The van der Waals surface area contributed by atoms with Crippen LogP contribution in [0.25, 0.3) is 21.3 Å². The van der Waals surface area contributed by atoms with Crippen molar-refractivity contribution in [2.75, 3.05) is 12.3 Å². The third kappa shape index (κ3) is 4.58. The predicted octanol–water partition coefficient (Wildman–Crippen LogP) is 4.83. The van der Waals surface area contributed by atoms with Gasteiger partial charge in [0.25, 0.3) is 5.56 Å². The molecule has 31 heavy (non-hydrogen) atoms. The van der Waals surface area contributed by atoms with Gasteiger partial charge in [0.15, 0.2) is 0 Å². The van der Waals surface area contributed by atoms with Crippen LogP contribution in [0, 0.1) is 17.8 Å². The Kier molecular flexibility index (Phi) is 6.14. The van der Waals surface area contributed by atoms with E-state index >= 15 is 0 Å². The summed E-state index contributed by atoms with van der Waals surface area (Å²) in [4.78, 5) is 33.2. The van der Waals surface area contributed by atoms with E-state index in [2.05, 4.69) is 15.3 Å². The quantitative estimate of drug-likeness (QED) is 0.512. The fraction of sp³-hybridized carbons (Fsp3) is 0.458. The van der Waals surface area contributed by atoms with Gasteiger partial charge in [0, 0.05) is 17.5 Å². The minimum absolute atomic E-state index is 0.0686. The molecule has 2 bridgehead atoms. The molecule has 5 rings (SSSR count). The molecule has 162 valence electrons. The zero-order valence-corrected chi connectivity index (χ0v) is 19.1. The van der Waals surface area contributed by atoms with Crippen LogP contribution >= 0.6 is 23.1 Å². The molecule has 3 atom stereocenters. The molecule has 3 aromatic rings. The van der Waals surface area contributed by atoms with Crippen molar-refractivity contribution in [1.29, 1.82) is 0 Å². The minimum atomic E-state index is -0.115. The summed E-state index contributed by atoms with van der Waals surface area (Å²) in [5, 5.41) is 5.70. The number of hydrogen-bond donors (Lipinski definition) is 2. The number of H-pyrrole nitrogens is 1. The van der Waals surface area contributed by atoms with E-state index in [-0.39, 0.29) is 11.5 Å². The van der Waals surface area contributed by atoms with Crippen molar-refractivity contribution >= 4 is 39.2 Å². The van der Waals surface area contributed by atoms with Gasteiger partial charge in [-0.05, 0) is 49.0 Å². The van der Waals surface area contributed by atoms with Crippen molar-refractivity contribution in [2.24, 2.45) is 17.8 Å². The van der Waals surface area contributed by atoms with Crippen molar-refractivity contribution in [1.82, 2.24) is 15.3 Å². The number of thioether (sulfide) groups is 1. The van der Waals surface area contributed by atoms with E-state index in [0.717, 1.165) is 46.7 Å². The zero-order chi connectivity index (χ0) is 21.2. The lowest BCUT2D eigenvalue weighted by Crippen LogP contribution is -2.28. The molecule has 2 N–H and O–H groups in total. The number of rotatable bonds is 8. The second-order valence-electron chi connectivity index (χ2n) is 8.77. The summed E-state index contributed by atoms with van der Waals surface area (Å²) < 4.78 is 0. The van der Waals surface area contributed by atoms with Crippen LogP contribution in [0.4, 0.5) is 0 Å². The summed E-state index contributed by atoms with van der Waals surface area (Å²) in [5.74, 6) is 4.29. The van der Waals surface area contributed by atoms with Gasteiger partial charge < -0.3 is 10.3 Å². The Morgan fingerprint density at radius 2 is 2.10 bits per heavy atom. The number of fused-ring (bicyclic) bond motifs is 3. The Morgan fingerprint density at radius 3 is 2.87 bits per heavy atom. The molecule has 5 nitrogen and oxygen atoms in total. The highest BCUT2D eigenvalue weighted by atomic mass is 32.2. The average Bonchev–Trinajstić information content (AvgIpc) is 3.50. The molecule has 0 saturated heterocycles. The Bertz CT molecular complexity index is 1120. The number of thiophene rings is 1. The maximum absolute atomic E-state index is 12.7. The maximum atomic E-state index is 12.7. The lowest BCUT2D eigenvalue weighted by molar-refractivity contribution is -0.118. The summed E-state index contributed by atoms with van der Waals surface area (Å²) >= 11 is 2.97. The molecule has 0 radical (unpaired) electrons. The topological polar surface area (TPSA) is 74.8 Å². The molecule has 1 amide bonds. The number of benzene rings is 1. The molecule has 3 unspecified atom stereocenters. The summed E-state index contributed by atoms with van der Waals surface area (Å²) in [6.07, 6.45) is 6.72. The number of aromatic nitrogens is 2. The first-order valence-corrected chi connectivity index (χ1v) is 13.1. The number of nitrogens with zero attached hydrogens (tertiary/aromatic N) is 1. The number of nitrogens with one attached hydrogen (secondary N) is 2. The lowest BCUT2D eigenvalue weighted by atomic mass is 9.86. The van der Waals surface area contributed by atoms with Gasteiger partial charge in [-0.25, -0.2) is 4.98 Å². The third-order valence-electron chi connectivity index (χ3n) is 6.77. The van der Waals surface area contributed by atoms with Crippen LogP contribution in [0.2, 0.25) is 0 Å². The molecule has 1 aromatic carbocycles. The highest BCUT2D eigenvalue weighted by molar-refractivity contribution is 7.99. The number of hydrogen-bond acceptors (Lipinski definition) is 5. The Balaban J connectivity index is 1.12. The SMILES string of the molecule is O=C(CSCc1nc2scc(-c3ccccc3)c2c(=O)[nH]1)NCCC1CC2CCC1C2. The highest BCUT2D eigenvalue weighted by Gasteiger charge is 2.38. The molecule has 2 fully saturated rings. The first-order chi connectivity index (χ1) is 15.2. The third-order valence-corrected chi connectivity index (χ3v) is 8.59.